The van der Waals surface area contributed by atoms with Crippen LogP contribution in [0.5, 0.6) is 11.5 Å². The quantitative estimate of drug-likeness (QED) is 0.448. The zero-order chi connectivity index (χ0) is 20.4. The van der Waals surface area contributed by atoms with Crippen molar-refractivity contribution in [3.05, 3.63) is 63.7 Å². The summed E-state index contributed by atoms with van der Waals surface area (Å²) in [6.45, 7) is 0. The van der Waals surface area contributed by atoms with Gasteiger partial charge in [-0.15, -0.1) is 0 Å². The first-order valence-corrected chi connectivity index (χ1v) is 9.84. The van der Waals surface area contributed by atoms with Gasteiger partial charge in [-0.05, 0) is 61.1 Å². The number of nitro groups is 1. The van der Waals surface area contributed by atoms with Crippen LogP contribution < -0.4 is 10.1 Å². The molecule has 0 radical (unpaired) electrons. The molecule has 0 unspecified atom stereocenters. The van der Waals surface area contributed by atoms with Crippen molar-refractivity contribution in [2.24, 2.45) is 0 Å². The molecule has 0 spiro atoms. The van der Waals surface area contributed by atoms with Crippen LogP contribution in [0.15, 0.2) is 42.5 Å². The fourth-order valence-electron chi connectivity index (χ4n) is 2.73. The number of hydrogen-bond acceptors (Lipinski definition) is 6. The number of nitro benzene ring substituents is 1. The van der Waals surface area contributed by atoms with Crippen molar-refractivity contribution in [3.8, 4) is 11.5 Å². The average molecular weight is 402 g/mol. The molecule has 0 fully saturated rings. The predicted molar refractivity (Wildman–Crippen MR) is 109 cm³/mol. The number of nitrogens with one attached hydrogen (secondary N) is 1. The maximum atomic E-state index is 10.6. The summed E-state index contributed by atoms with van der Waals surface area (Å²) < 4.78 is 5.76. The molecule has 0 aromatic heterocycles. The summed E-state index contributed by atoms with van der Waals surface area (Å²) >= 11 is 0.958. The summed E-state index contributed by atoms with van der Waals surface area (Å²) in [7, 11) is 1.53. The number of rotatable bonds is 5. The third-order valence-corrected chi connectivity index (χ3v) is 4.86. The second kappa shape index (κ2) is 11.1. The molecule has 2 aromatic rings. The Morgan fingerprint density at radius 1 is 1.14 bits per heavy atom. The lowest BCUT2D eigenvalue weighted by atomic mass is 9.92. The van der Waals surface area contributed by atoms with E-state index in [4.69, 9.17) is 4.74 Å². The lowest BCUT2D eigenvalue weighted by Crippen LogP contribution is -2.11. The lowest BCUT2D eigenvalue weighted by Gasteiger charge is -2.16. The standard InChI is InChI=1S/C16H15NO3.C4H7NO2S/c18-17(19)14-6-9-15(10-7-14)20-16-8-5-12-3-1-2-4-13(12)11-16;1-5-4(7)8-3-2-6/h5-11H,1-4H2;2H,3H2,1H3,(H,5,7). The Kier molecular flexibility index (Phi) is 8.48. The van der Waals surface area contributed by atoms with E-state index in [1.54, 1.807) is 12.1 Å². The van der Waals surface area contributed by atoms with Crippen molar-refractivity contribution >= 4 is 29.0 Å². The fourth-order valence-corrected chi connectivity index (χ4v) is 3.09. The number of aldehydes is 1. The Balaban J connectivity index is 0.000000300. The Hall–Kier alpha value is -2.87. The zero-order valence-corrected chi connectivity index (χ0v) is 16.4. The SMILES string of the molecule is CNC(=O)SCC=O.O=[N+]([O-])c1ccc(Oc2ccc3c(c2)CCCC3)cc1. The van der Waals surface area contributed by atoms with Crippen LogP contribution in [0.25, 0.3) is 0 Å². The molecule has 8 heteroatoms. The Labute approximate surface area is 167 Å². The van der Waals surface area contributed by atoms with Gasteiger partial charge >= 0.3 is 0 Å². The summed E-state index contributed by atoms with van der Waals surface area (Å²) in [6, 6.07) is 12.3. The number of aryl methyl sites for hydroxylation is 2. The first-order valence-electron chi connectivity index (χ1n) is 8.85. The molecule has 1 aliphatic carbocycles. The molecule has 148 valence electrons. The summed E-state index contributed by atoms with van der Waals surface area (Å²) in [5.41, 5.74) is 2.84. The summed E-state index contributed by atoms with van der Waals surface area (Å²) in [4.78, 5) is 30.1. The van der Waals surface area contributed by atoms with E-state index in [2.05, 4.69) is 17.4 Å². The molecule has 1 aliphatic rings. The van der Waals surface area contributed by atoms with E-state index in [9.17, 15) is 19.7 Å². The fraction of sp³-hybridized carbons (Fsp3) is 0.300. The number of hydrogen-bond donors (Lipinski definition) is 1. The Bertz CT molecular complexity index is 824. The molecule has 1 N–H and O–H groups in total. The second-order valence-corrected chi connectivity index (χ2v) is 7.00. The summed E-state index contributed by atoms with van der Waals surface area (Å²) in [5, 5.41) is 12.8. The van der Waals surface area contributed by atoms with Gasteiger partial charge in [0.05, 0.1) is 10.7 Å². The highest BCUT2D eigenvalue weighted by Crippen LogP contribution is 2.29. The molecule has 0 saturated heterocycles. The number of thioether (sulfide) groups is 1. The van der Waals surface area contributed by atoms with Gasteiger partial charge in [0.2, 0.25) is 0 Å². The van der Waals surface area contributed by atoms with Crippen molar-refractivity contribution in [2.45, 2.75) is 25.7 Å². The third-order valence-electron chi connectivity index (χ3n) is 4.09. The van der Waals surface area contributed by atoms with Gasteiger partial charge in [0.15, 0.2) is 0 Å². The van der Waals surface area contributed by atoms with Gasteiger partial charge in [0.25, 0.3) is 10.9 Å². The molecule has 7 nitrogen and oxygen atoms in total. The second-order valence-electron chi connectivity index (χ2n) is 6.01. The minimum atomic E-state index is -0.414. The zero-order valence-electron chi connectivity index (χ0n) is 15.6. The number of fused-ring (bicyclic) bond motifs is 1. The molecular weight excluding hydrogens is 380 g/mol. The first kappa shape index (κ1) is 21.4. The maximum absolute atomic E-state index is 10.6. The van der Waals surface area contributed by atoms with E-state index in [0.717, 1.165) is 30.4 Å². The number of benzene rings is 2. The van der Waals surface area contributed by atoms with Gasteiger partial charge in [-0.1, -0.05) is 17.8 Å². The van der Waals surface area contributed by atoms with E-state index in [-0.39, 0.29) is 16.7 Å². The molecule has 0 aliphatic heterocycles. The molecule has 28 heavy (non-hydrogen) atoms. The largest absolute Gasteiger partial charge is 0.457 e. The van der Waals surface area contributed by atoms with Crippen LogP contribution in [0, 0.1) is 10.1 Å². The van der Waals surface area contributed by atoms with Crippen LogP contribution in [0.4, 0.5) is 10.5 Å². The van der Waals surface area contributed by atoms with Crippen molar-refractivity contribution in [1.29, 1.82) is 0 Å². The van der Waals surface area contributed by atoms with Gasteiger partial charge in [-0.25, -0.2) is 0 Å². The minimum Gasteiger partial charge on any atom is -0.457 e. The highest BCUT2D eigenvalue weighted by atomic mass is 32.2. The van der Waals surface area contributed by atoms with E-state index in [1.165, 1.54) is 43.1 Å². The number of non-ortho nitro benzene ring substituents is 1. The number of ether oxygens (including phenoxy) is 1. The van der Waals surface area contributed by atoms with Crippen molar-refractivity contribution < 1.29 is 19.2 Å². The summed E-state index contributed by atoms with van der Waals surface area (Å²) in [5.74, 6) is 1.64. The van der Waals surface area contributed by atoms with Gasteiger partial charge in [-0.3, -0.25) is 14.9 Å². The molecular formula is C20H22N2O5S. The number of carbonyl (C=O) groups is 2. The molecule has 0 saturated carbocycles. The van der Waals surface area contributed by atoms with Crippen LogP contribution in [0.3, 0.4) is 0 Å². The molecule has 0 heterocycles. The highest BCUT2D eigenvalue weighted by Gasteiger charge is 2.11. The maximum Gasteiger partial charge on any atom is 0.279 e. The van der Waals surface area contributed by atoms with Gasteiger partial charge in [0, 0.05) is 19.2 Å². The van der Waals surface area contributed by atoms with Crippen LogP contribution in [-0.4, -0.2) is 29.2 Å². The molecule has 0 bridgehead atoms. The van der Waals surface area contributed by atoms with Crippen LogP contribution >= 0.6 is 11.8 Å². The van der Waals surface area contributed by atoms with Crippen LogP contribution in [0.2, 0.25) is 0 Å². The molecule has 3 rings (SSSR count). The predicted octanol–water partition coefficient (Wildman–Crippen LogP) is 4.52. The molecule has 2 aromatic carbocycles. The van der Waals surface area contributed by atoms with Gasteiger partial charge in [-0.2, -0.15) is 0 Å². The average Bonchev–Trinajstić information content (AvgIpc) is 2.72. The van der Waals surface area contributed by atoms with Crippen LogP contribution in [0.1, 0.15) is 24.0 Å². The Morgan fingerprint density at radius 2 is 1.79 bits per heavy atom. The van der Waals surface area contributed by atoms with Crippen molar-refractivity contribution in [2.75, 3.05) is 12.8 Å². The molecule has 1 amide bonds. The third kappa shape index (κ3) is 6.70. The van der Waals surface area contributed by atoms with E-state index in [1.807, 2.05) is 6.07 Å². The van der Waals surface area contributed by atoms with E-state index >= 15 is 0 Å². The number of amides is 1. The monoisotopic (exact) mass is 402 g/mol. The first-order chi connectivity index (χ1) is 13.5. The minimum absolute atomic E-state index is 0.0720. The Morgan fingerprint density at radius 3 is 2.39 bits per heavy atom. The van der Waals surface area contributed by atoms with Crippen LogP contribution in [-0.2, 0) is 17.6 Å². The van der Waals surface area contributed by atoms with Crippen molar-refractivity contribution in [3.63, 3.8) is 0 Å². The number of nitrogens with zero attached hydrogens (tertiary/aromatic N) is 1. The van der Waals surface area contributed by atoms with Crippen molar-refractivity contribution in [1.82, 2.24) is 5.32 Å². The smallest absolute Gasteiger partial charge is 0.279 e. The van der Waals surface area contributed by atoms with Gasteiger partial charge < -0.3 is 14.8 Å². The number of carbonyl (C=O) groups excluding carboxylic acids is 2. The van der Waals surface area contributed by atoms with Gasteiger partial charge in [0.1, 0.15) is 17.8 Å². The topological polar surface area (TPSA) is 98.5 Å². The van der Waals surface area contributed by atoms with E-state index in [0.29, 0.717) is 12.0 Å². The highest BCUT2D eigenvalue weighted by molar-refractivity contribution is 8.14. The summed E-state index contributed by atoms with van der Waals surface area (Å²) in [6.07, 6.45) is 5.43. The van der Waals surface area contributed by atoms with E-state index < -0.39 is 4.92 Å². The lowest BCUT2D eigenvalue weighted by molar-refractivity contribution is -0.384. The molecule has 0 atom stereocenters. The normalized spacial score (nSPS) is 12.0.